The SMILES string of the molecule is CCc1ccc(NC(=O)Cn2nc(C3CC3)n(-c3ccccc3)c2=O)cc1. The van der Waals surface area contributed by atoms with Gasteiger partial charge in [-0.3, -0.25) is 4.79 Å². The van der Waals surface area contributed by atoms with E-state index in [0.717, 1.165) is 36.5 Å². The molecule has 1 heterocycles. The van der Waals surface area contributed by atoms with Crippen molar-refractivity contribution in [3.63, 3.8) is 0 Å². The first-order valence-corrected chi connectivity index (χ1v) is 9.29. The third-order valence-electron chi connectivity index (χ3n) is 4.76. The molecule has 0 spiro atoms. The maximum atomic E-state index is 12.9. The minimum atomic E-state index is -0.278. The minimum Gasteiger partial charge on any atom is -0.324 e. The number of aryl methyl sites for hydroxylation is 1. The summed E-state index contributed by atoms with van der Waals surface area (Å²) in [7, 11) is 0. The van der Waals surface area contributed by atoms with Gasteiger partial charge in [0.25, 0.3) is 0 Å². The zero-order valence-electron chi connectivity index (χ0n) is 15.3. The standard InChI is InChI=1S/C21H22N4O2/c1-2-15-8-12-17(13-9-15)22-19(26)14-24-21(27)25(18-6-4-3-5-7-18)20(23-24)16-10-11-16/h3-9,12-13,16H,2,10-11,14H2,1H3,(H,22,26). The van der Waals surface area contributed by atoms with Crippen LogP contribution in [-0.4, -0.2) is 20.3 Å². The van der Waals surface area contributed by atoms with Gasteiger partial charge in [-0.2, -0.15) is 5.10 Å². The van der Waals surface area contributed by atoms with Gasteiger partial charge in [-0.1, -0.05) is 37.3 Å². The molecule has 0 aliphatic heterocycles. The van der Waals surface area contributed by atoms with E-state index in [1.807, 2.05) is 54.6 Å². The van der Waals surface area contributed by atoms with Crippen molar-refractivity contribution in [1.29, 1.82) is 0 Å². The Hall–Kier alpha value is -3.15. The van der Waals surface area contributed by atoms with Gasteiger partial charge in [0.15, 0.2) is 0 Å². The Morgan fingerprint density at radius 3 is 2.44 bits per heavy atom. The van der Waals surface area contributed by atoms with Crippen LogP contribution in [0.2, 0.25) is 0 Å². The predicted molar refractivity (Wildman–Crippen MR) is 104 cm³/mol. The summed E-state index contributed by atoms with van der Waals surface area (Å²) in [5, 5.41) is 7.30. The molecule has 1 N–H and O–H groups in total. The Kier molecular flexibility index (Phi) is 4.62. The summed E-state index contributed by atoms with van der Waals surface area (Å²) in [4.78, 5) is 25.3. The summed E-state index contributed by atoms with van der Waals surface area (Å²) >= 11 is 0. The topological polar surface area (TPSA) is 68.9 Å². The molecule has 3 aromatic rings. The number of anilines is 1. The second-order valence-corrected chi connectivity index (χ2v) is 6.84. The Bertz CT molecular complexity index is 999. The molecule has 6 heteroatoms. The van der Waals surface area contributed by atoms with E-state index in [0.29, 0.717) is 5.92 Å². The van der Waals surface area contributed by atoms with Crippen molar-refractivity contribution < 1.29 is 4.79 Å². The molecule has 1 aliphatic rings. The van der Waals surface area contributed by atoms with Crippen LogP contribution in [0.1, 0.15) is 37.1 Å². The monoisotopic (exact) mass is 362 g/mol. The quantitative estimate of drug-likeness (QED) is 0.732. The zero-order chi connectivity index (χ0) is 18.8. The largest absolute Gasteiger partial charge is 0.351 e. The first-order chi connectivity index (χ1) is 13.2. The average molecular weight is 362 g/mol. The van der Waals surface area contributed by atoms with E-state index in [9.17, 15) is 9.59 Å². The summed E-state index contributed by atoms with van der Waals surface area (Å²) in [6.45, 7) is 1.98. The van der Waals surface area contributed by atoms with Gasteiger partial charge in [0, 0.05) is 11.6 Å². The number of para-hydroxylation sites is 1. The van der Waals surface area contributed by atoms with Gasteiger partial charge >= 0.3 is 5.69 Å². The number of aromatic nitrogens is 3. The number of rotatable bonds is 6. The van der Waals surface area contributed by atoms with Gasteiger partial charge in [0.05, 0.1) is 5.69 Å². The fourth-order valence-electron chi connectivity index (χ4n) is 3.11. The highest BCUT2D eigenvalue weighted by molar-refractivity contribution is 5.90. The Balaban J connectivity index is 1.57. The molecule has 27 heavy (non-hydrogen) atoms. The van der Waals surface area contributed by atoms with Crippen LogP contribution in [0.15, 0.2) is 59.4 Å². The van der Waals surface area contributed by atoms with E-state index >= 15 is 0 Å². The molecule has 1 fully saturated rings. The highest BCUT2D eigenvalue weighted by Gasteiger charge is 2.31. The van der Waals surface area contributed by atoms with Crippen LogP contribution in [0.5, 0.6) is 0 Å². The maximum absolute atomic E-state index is 12.9. The van der Waals surface area contributed by atoms with Crippen molar-refractivity contribution in [2.45, 2.75) is 38.6 Å². The molecule has 0 atom stereocenters. The molecule has 1 aromatic heterocycles. The van der Waals surface area contributed by atoms with E-state index in [1.165, 1.54) is 10.2 Å². The molecule has 1 aliphatic carbocycles. The first-order valence-electron chi connectivity index (χ1n) is 9.29. The van der Waals surface area contributed by atoms with Crippen LogP contribution in [0, 0.1) is 0 Å². The summed E-state index contributed by atoms with van der Waals surface area (Å²) < 4.78 is 2.89. The van der Waals surface area contributed by atoms with Gasteiger partial charge in [-0.05, 0) is 49.1 Å². The predicted octanol–water partition coefficient (Wildman–Crippen LogP) is 3.11. The average Bonchev–Trinajstić information content (AvgIpc) is 3.48. The molecule has 4 rings (SSSR count). The molecule has 6 nitrogen and oxygen atoms in total. The lowest BCUT2D eigenvalue weighted by Gasteiger charge is -2.05. The van der Waals surface area contributed by atoms with Crippen LogP contribution < -0.4 is 11.0 Å². The third-order valence-corrected chi connectivity index (χ3v) is 4.76. The lowest BCUT2D eigenvalue weighted by atomic mass is 10.1. The molecule has 0 unspecified atom stereocenters. The Morgan fingerprint density at radius 1 is 1.11 bits per heavy atom. The number of carbonyl (C=O) groups excluding carboxylic acids is 1. The summed E-state index contributed by atoms with van der Waals surface area (Å²) in [6.07, 6.45) is 3.00. The van der Waals surface area contributed by atoms with E-state index in [2.05, 4.69) is 17.3 Å². The van der Waals surface area contributed by atoms with Gasteiger partial charge < -0.3 is 5.32 Å². The van der Waals surface area contributed by atoms with Gasteiger partial charge in [0.2, 0.25) is 5.91 Å². The highest BCUT2D eigenvalue weighted by atomic mass is 16.2. The number of benzene rings is 2. The van der Waals surface area contributed by atoms with Crippen molar-refractivity contribution in [3.05, 3.63) is 76.5 Å². The fourth-order valence-corrected chi connectivity index (χ4v) is 3.11. The lowest BCUT2D eigenvalue weighted by Crippen LogP contribution is -2.29. The van der Waals surface area contributed by atoms with Gasteiger partial charge in [-0.25, -0.2) is 14.0 Å². The summed E-state index contributed by atoms with van der Waals surface area (Å²) in [5.74, 6) is 0.775. The van der Waals surface area contributed by atoms with Crippen LogP contribution in [0.3, 0.4) is 0 Å². The van der Waals surface area contributed by atoms with Gasteiger partial charge in [-0.15, -0.1) is 0 Å². The molecular weight excluding hydrogens is 340 g/mol. The lowest BCUT2D eigenvalue weighted by molar-refractivity contribution is -0.117. The number of nitrogens with zero attached hydrogens (tertiary/aromatic N) is 3. The van der Waals surface area contributed by atoms with Crippen LogP contribution in [0.25, 0.3) is 5.69 Å². The maximum Gasteiger partial charge on any atom is 0.351 e. The molecule has 1 amide bonds. The van der Waals surface area contributed by atoms with Crippen molar-refractivity contribution in [2.75, 3.05) is 5.32 Å². The van der Waals surface area contributed by atoms with E-state index in [-0.39, 0.29) is 18.1 Å². The van der Waals surface area contributed by atoms with Crippen molar-refractivity contribution in [1.82, 2.24) is 14.3 Å². The Morgan fingerprint density at radius 2 is 1.81 bits per heavy atom. The van der Waals surface area contributed by atoms with Crippen molar-refractivity contribution in [2.24, 2.45) is 0 Å². The van der Waals surface area contributed by atoms with E-state index < -0.39 is 0 Å². The normalized spacial score (nSPS) is 13.5. The fraction of sp³-hybridized carbons (Fsp3) is 0.286. The van der Waals surface area contributed by atoms with E-state index in [4.69, 9.17) is 0 Å². The molecule has 0 saturated heterocycles. The zero-order valence-corrected chi connectivity index (χ0v) is 15.3. The molecule has 138 valence electrons. The minimum absolute atomic E-state index is 0.103. The number of hydrogen-bond acceptors (Lipinski definition) is 3. The van der Waals surface area contributed by atoms with Crippen LogP contribution >= 0.6 is 0 Å². The van der Waals surface area contributed by atoms with Crippen LogP contribution in [0.4, 0.5) is 5.69 Å². The first kappa shape index (κ1) is 17.3. The van der Waals surface area contributed by atoms with Crippen molar-refractivity contribution >= 4 is 11.6 Å². The second-order valence-electron chi connectivity index (χ2n) is 6.84. The Labute approximate surface area is 157 Å². The van der Waals surface area contributed by atoms with Gasteiger partial charge in [0.1, 0.15) is 12.4 Å². The summed E-state index contributed by atoms with van der Waals surface area (Å²) in [6, 6.07) is 17.2. The van der Waals surface area contributed by atoms with Crippen molar-refractivity contribution in [3.8, 4) is 5.69 Å². The van der Waals surface area contributed by atoms with E-state index in [1.54, 1.807) is 4.57 Å². The summed E-state index contributed by atoms with van der Waals surface area (Å²) in [5.41, 5.74) is 2.43. The second kappa shape index (κ2) is 7.23. The molecule has 2 aromatic carbocycles. The van der Waals surface area contributed by atoms with Crippen LogP contribution in [-0.2, 0) is 17.8 Å². The number of hydrogen-bond donors (Lipinski definition) is 1. The molecule has 1 saturated carbocycles. The smallest absolute Gasteiger partial charge is 0.324 e. The molecule has 0 bridgehead atoms. The number of amides is 1. The molecule has 0 radical (unpaired) electrons. The highest BCUT2D eigenvalue weighted by Crippen LogP contribution is 2.39. The third kappa shape index (κ3) is 3.69. The number of carbonyl (C=O) groups is 1. The molecular formula is C21H22N4O2. The number of nitrogens with one attached hydrogen (secondary N) is 1.